The molecule has 1 amide bonds. The van der Waals surface area contributed by atoms with Crippen molar-refractivity contribution >= 4 is 28.2 Å². The Morgan fingerprint density at radius 2 is 2.04 bits per heavy atom. The molecule has 1 atom stereocenters. The van der Waals surface area contributed by atoms with E-state index in [2.05, 4.69) is 25.2 Å². The summed E-state index contributed by atoms with van der Waals surface area (Å²) in [6, 6.07) is 7.79. The molecule has 1 saturated heterocycles. The van der Waals surface area contributed by atoms with Crippen LogP contribution >= 0.6 is 0 Å². The molecule has 1 N–H and O–H groups in total. The smallest absolute Gasteiger partial charge is 0.229 e. The first-order chi connectivity index (χ1) is 12.3. The van der Waals surface area contributed by atoms with Crippen LogP contribution in [0.1, 0.15) is 12.8 Å². The van der Waals surface area contributed by atoms with Crippen LogP contribution in [-0.4, -0.2) is 33.9 Å². The topological polar surface area (TPSA) is 71.0 Å². The zero-order chi connectivity index (χ0) is 17.1. The van der Waals surface area contributed by atoms with Crippen LogP contribution in [0.2, 0.25) is 0 Å². The fourth-order valence-corrected chi connectivity index (χ4v) is 3.32. The molecule has 25 heavy (non-hydrogen) atoms. The monoisotopic (exact) mass is 333 g/mol. The highest BCUT2D eigenvalue weighted by molar-refractivity contribution is 6.02. The number of hydrogen-bond acceptors (Lipinski definition) is 5. The third kappa shape index (κ3) is 3.28. The van der Waals surface area contributed by atoms with Crippen LogP contribution in [-0.2, 0) is 4.79 Å². The fraction of sp³-hybridized carbons (Fsp3) is 0.263. The van der Waals surface area contributed by atoms with Crippen molar-refractivity contribution in [1.29, 1.82) is 0 Å². The SMILES string of the molecule is O=C(Nc1cccc2cnccc12)[C@@H]1CCCN(c2cnccn2)C1. The summed E-state index contributed by atoms with van der Waals surface area (Å²) in [5.74, 6) is 0.821. The van der Waals surface area contributed by atoms with E-state index in [1.807, 2.05) is 24.3 Å². The Kier molecular flexibility index (Phi) is 4.24. The van der Waals surface area contributed by atoms with Gasteiger partial charge < -0.3 is 10.2 Å². The van der Waals surface area contributed by atoms with Gasteiger partial charge in [-0.15, -0.1) is 0 Å². The Hall–Kier alpha value is -3.02. The van der Waals surface area contributed by atoms with Gasteiger partial charge in [0.2, 0.25) is 5.91 Å². The number of nitrogens with one attached hydrogen (secondary N) is 1. The van der Waals surface area contributed by atoms with Gasteiger partial charge in [-0.05, 0) is 25.0 Å². The molecule has 3 aromatic rings. The summed E-state index contributed by atoms with van der Waals surface area (Å²) >= 11 is 0. The highest BCUT2D eigenvalue weighted by Crippen LogP contribution is 2.25. The van der Waals surface area contributed by atoms with Crippen LogP contribution in [0.15, 0.2) is 55.2 Å². The number of nitrogens with zero attached hydrogens (tertiary/aromatic N) is 4. The second kappa shape index (κ2) is 6.84. The molecule has 0 bridgehead atoms. The van der Waals surface area contributed by atoms with E-state index >= 15 is 0 Å². The first kappa shape index (κ1) is 15.5. The molecule has 0 aliphatic carbocycles. The molecule has 1 aromatic carbocycles. The minimum Gasteiger partial charge on any atom is -0.355 e. The van der Waals surface area contributed by atoms with E-state index < -0.39 is 0 Å². The molecule has 6 heteroatoms. The lowest BCUT2D eigenvalue weighted by Crippen LogP contribution is -2.41. The summed E-state index contributed by atoms with van der Waals surface area (Å²) in [7, 11) is 0. The van der Waals surface area contributed by atoms with Crippen LogP contribution in [0, 0.1) is 5.92 Å². The minimum absolute atomic E-state index is 0.0536. The fourth-order valence-electron chi connectivity index (χ4n) is 3.32. The van der Waals surface area contributed by atoms with Gasteiger partial charge in [0.25, 0.3) is 0 Å². The van der Waals surface area contributed by atoms with Gasteiger partial charge in [0.05, 0.1) is 12.1 Å². The van der Waals surface area contributed by atoms with Gasteiger partial charge in [-0.1, -0.05) is 12.1 Å². The lowest BCUT2D eigenvalue weighted by molar-refractivity contribution is -0.120. The Bertz CT molecular complexity index is 878. The van der Waals surface area contributed by atoms with Crippen molar-refractivity contribution in [3.63, 3.8) is 0 Å². The van der Waals surface area contributed by atoms with Crippen molar-refractivity contribution in [3.8, 4) is 0 Å². The normalized spacial score (nSPS) is 17.4. The maximum atomic E-state index is 12.8. The Morgan fingerprint density at radius 3 is 2.92 bits per heavy atom. The van der Waals surface area contributed by atoms with Gasteiger partial charge in [0, 0.05) is 54.3 Å². The summed E-state index contributed by atoms with van der Waals surface area (Å²) in [5, 5.41) is 5.12. The van der Waals surface area contributed by atoms with Gasteiger partial charge in [-0.25, -0.2) is 4.98 Å². The Balaban J connectivity index is 1.51. The molecule has 3 heterocycles. The number of carbonyl (C=O) groups is 1. The maximum Gasteiger partial charge on any atom is 0.229 e. The average Bonchev–Trinajstić information content (AvgIpc) is 2.69. The number of rotatable bonds is 3. The van der Waals surface area contributed by atoms with E-state index in [9.17, 15) is 4.79 Å². The lowest BCUT2D eigenvalue weighted by Gasteiger charge is -2.32. The van der Waals surface area contributed by atoms with Crippen molar-refractivity contribution in [2.45, 2.75) is 12.8 Å². The van der Waals surface area contributed by atoms with Crippen LogP contribution in [0.4, 0.5) is 11.5 Å². The molecule has 1 aliphatic heterocycles. The van der Waals surface area contributed by atoms with Crippen LogP contribution in [0.3, 0.4) is 0 Å². The van der Waals surface area contributed by atoms with Crippen LogP contribution < -0.4 is 10.2 Å². The van der Waals surface area contributed by atoms with E-state index in [-0.39, 0.29) is 11.8 Å². The number of fused-ring (bicyclic) bond motifs is 1. The molecular weight excluding hydrogens is 314 g/mol. The van der Waals surface area contributed by atoms with Gasteiger partial charge in [-0.3, -0.25) is 14.8 Å². The van der Waals surface area contributed by atoms with Gasteiger partial charge >= 0.3 is 0 Å². The molecule has 4 rings (SSSR count). The zero-order valence-corrected chi connectivity index (χ0v) is 13.8. The van der Waals surface area contributed by atoms with E-state index in [0.717, 1.165) is 41.7 Å². The van der Waals surface area contributed by atoms with Crippen molar-refractivity contribution in [1.82, 2.24) is 15.0 Å². The average molecular weight is 333 g/mol. The Labute approximate surface area is 145 Å². The molecule has 0 unspecified atom stereocenters. The van der Waals surface area contributed by atoms with E-state index in [0.29, 0.717) is 6.54 Å². The number of piperidine rings is 1. The number of hydrogen-bond donors (Lipinski definition) is 1. The third-order valence-electron chi connectivity index (χ3n) is 4.60. The van der Waals surface area contributed by atoms with Gasteiger partial charge in [-0.2, -0.15) is 0 Å². The second-order valence-corrected chi connectivity index (χ2v) is 6.24. The summed E-state index contributed by atoms with van der Waals surface area (Å²) in [4.78, 5) is 27.5. The van der Waals surface area contributed by atoms with E-state index in [1.165, 1.54) is 0 Å². The maximum absolute atomic E-state index is 12.8. The minimum atomic E-state index is -0.0622. The third-order valence-corrected chi connectivity index (χ3v) is 4.60. The first-order valence-corrected chi connectivity index (χ1v) is 8.46. The summed E-state index contributed by atoms with van der Waals surface area (Å²) in [5.41, 5.74) is 0.835. The molecule has 0 radical (unpaired) electrons. The second-order valence-electron chi connectivity index (χ2n) is 6.24. The molecule has 0 spiro atoms. The number of amides is 1. The summed E-state index contributed by atoms with van der Waals surface area (Å²) in [6.45, 7) is 1.57. The number of pyridine rings is 1. The number of carbonyl (C=O) groups excluding carboxylic acids is 1. The van der Waals surface area contributed by atoms with Crippen molar-refractivity contribution in [2.75, 3.05) is 23.3 Å². The van der Waals surface area contributed by atoms with Crippen molar-refractivity contribution < 1.29 is 4.79 Å². The van der Waals surface area contributed by atoms with E-state index in [1.54, 1.807) is 31.0 Å². The lowest BCUT2D eigenvalue weighted by atomic mass is 9.97. The molecular formula is C19H19N5O. The predicted molar refractivity (Wildman–Crippen MR) is 97.3 cm³/mol. The zero-order valence-electron chi connectivity index (χ0n) is 13.8. The first-order valence-electron chi connectivity index (χ1n) is 8.46. The summed E-state index contributed by atoms with van der Waals surface area (Å²) < 4.78 is 0. The Morgan fingerprint density at radius 1 is 1.12 bits per heavy atom. The molecule has 1 aliphatic rings. The van der Waals surface area contributed by atoms with Crippen LogP contribution in [0.25, 0.3) is 10.8 Å². The number of anilines is 2. The summed E-state index contributed by atoms with van der Waals surface area (Å²) in [6.07, 6.45) is 10.5. The van der Waals surface area contributed by atoms with Crippen LogP contribution in [0.5, 0.6) is 0 Å². The predicted octanol–water partition coefficient (Wildman–Crippen LogP) is 2.88. The molecule has 2 aromatic heterocycles. The van der Waals surface area contributed by atoms with Crippen molar-refractivity contribution in [2.24, 2.45) is 5.92 Å². The largest absolute Gasteiger partial charge is 0.355 e. The number of benzene rings is 1. The molecule has 1 fully saturated rings. The quantitative estimate of drug-likeness (QED) is 0.798. The molecule has 6 nitrogen and oxygen atoms in total. The van der Waals surface area contributed by atoms with Gasteiger partial charge in [0.15, 0.2) is 0 Å². The standard InChI is InChI=1S/C19H19N5O/c25-19(23-17-5-1-3-14-11-20-7-6-16(14)17)15-4-2-10-24(13-15)18-12-21-8-9-22-18/h1,3,5-9,11-12,15H,2,4,10,13H2,(H,23,25)/t15-/m1/s1. The van der Waals surface area contributed by atoms with E-state index in [4.69, 9.17) is 0 Å². The number of aromatic nitrogens is 3. The highest BCUT2D eigenvalue weighted by atomic mass is 16.1. The van der Waals surface area contributed by atoms with Gasteiger partial charge in [0.1, 0.15) is 5.82 Å². The molecule has 0 saturated carbocycles. The molecule has 126 valence electrons. The highest BCUT2D eigenvalue weighted by Gasteiger charge is 2.26. The van der Waals surface area contributed by atoms with Crippen molar-refractivity contribution in [3.05, 3.63) is 55.2 Å².